The van der Waals surface area contributed by atoms with Crippen LogP contribution >= 0.6 is 0 Å². The molecule has 0 aliphatic rings. The molecule has 0 radical (unpaired) electrons. The third-order valence-corrected chi connectivity index (χ3v) is 3.61. The average molecular weight is 328 g/mol. The third kappa shape index (κ3) is 5.59. The Labute approximate surface area is 142 Å². The second-order valence-corrected chi connectivity index (χ2v) is 5.69. The molecule has 1 unspecified atom stereocenters. The second kappa shape index (κ2) is 8.93. The van der Waals surface area contributed by atoms with Crippen LogP contribution in [-0.2, 0) is 6.61 Å². The Morgan fingerprint density at radius 2 is 1.96 bits per heavy atom. The van der Waals surface area contributed by atoms with Gasteiger partial charge in [-0.2, -0.15) is 0 Å². The Balaban J connectivity index is 1.86. The van der Waals surface area contributed by atoms with Crippen LogP contribution in [0.15, 0.2) is 48.5 Å². The van der Waals surface area contributed by atoms with Crippen molar-refractivity contribution in [2.45, 2.75) is 26.5 Å². The van der Waals surface area contributed by atoms with Gasteiger partial charge in [-0.15, -0.1) is 0 Å². The minimum Gasteiger partial charge on any atom is -0.489 e. The highest BCUT2D eigenvalue weighted by atomic mass is 16.5. The summed E-state index contributed by atoms with van der Waals surface area (Å²) in [6.45, 7) is 4.65. The van der Waals surface area contributed by atoms with E-state index in [2.05, 4.69) is 29.7 Å². The quantitative estimate of drug-likeness (QED) is 0.732. The molecule has 5 nitrogen and oxygen atoms in total. The van der Waals surface area contributed by atoms with Crippen molar-refractivity contribution in [3.63, 3.8) is 0 Å². The van der Waals surface area contributed by atoms with Crippen molar-refractivity contribution >= 4 is 6.03 Å². The molecule has 0 aliphatic carbocycles. The summed E-state index contributed by atoms with van der Waals surface area (Å²) < 4.78 is 5.79. The number of rotatable bonds is 7. The molecule has 2 rings (SSSR count). The molecule has 2 aromatic carbocycles. The van der Waals surface area contributed by atoms with Gasteiger partial charge in [-0.3, -0.25) is 0 Å². The van der Waals surface area contributed by atoms with E-state index in [4.69, 9.17) is 9.84 Å². The van der Waals surface area contributed by atoms with Gasteiger partial charge in [0.1, 0.15) is 12.4 Å². The first-order chi connectivity index (χ1) is 11.6. The van der Waals surface area contributed by atoms with Crippen LogP contribution in [0.1, 0.15) is 29.7 Å². The average Bonchev–Trinajstić information content (AvgIpc) is 2.58. The fourth-order valence-corrected chi connectivity index (χ4v) is 2.32. The predicted octanol–water partition coefficient (Wildman–Crippen LogP) is 2.93. The standard InChI is InChI=1S/C19H24N2O3/c1-14-4-3-5-16(12-14)13-24-18-8-6-17(7-9-18)15(2)21-19(23)20-10-11-22/h3-9,12,15,22H,10-11,13H2,1-2H3,(H2,20,21,23). The van der Waals surface area contributed by atoms with Gasteiger partial charge < -0.3 is 20.5 Å². The van der Waals surface area contributed by atoms with Crippen LogP contribution in [0.3, 0.4) is 0 Å². The van der Waals surface area contributed by atoms with Gasteiger partial charge in [0.05, 0.1) is 12.6 Å². The van der Waals surface area contributed by atoms with E-state index in [0.717, 1.165) is 16.9 Å². The zero-order chi connectivity index (χ0) is 17.4. The van der Waals surface area contributed by atoms with Crippen molar-refractivity contribution in [3.05, 3.63) is 65.2 Å². The molecular weight excluding hydrogens is 304 g/mol. The van der Waals surface area contributed by atoms with E-state index in [1.165, 1.54) is 5.56 Å². The molecule has 2 amide bonds. The number of hydrogen-bond acceptors (Lipinski definition) is 3. The van der Waals surface area contributed by atoms with Crippen molar-refractivity contribution in [1.29, 1.82) is 0 Å². The van der Waals surface area contributed by atoms with Crippen LogP contribution in [-0.4, -0.2) is 24.3 Å². The Morgan fingerprint density at radius 3 is 2.62 bits per heavy atom. The van der Waals surface area contributed by atoms with Crippen molar-refractivity contribution in [1.82, 2.24) is 10.6 Å². The summed E-state index contributed by atoms with van der Waals surface area (Å²) in [5.41, 5.74) is 3.33. The van der Waals surface area contributed by atoms with Gasteiger partial charge in [0.2, 0.25) is 0 Å². The van der Waals surface area contributed by atoms with Gasteiger partial charge in [0.15, 0.2) is 0 Å². The molecule has 0 aliphatic heterocycles. The molecule has 2 aromatic rings. The molecular formula is C19H24N2O3. The SMILES string of the molecule is Cc1cccc(COc2ccc(C(C)NC(=O)NCCO)cc2)c1. The van der Waals surface area contributed by atoms with Crippen LogP contribution in [0.4, 0.5) is 4.79 Å². The number of aliphatic hydroxyl groups is 1. The molecule has 0 saturated carbocycles. The lowest BCUT2D eigenvalue weighted by molar-refractivity contribution is 0.231. The molecule has 24 heavy (non-hydrogen) atoms. The fraction of sp³-hybridized carbons (Fsp3) is 0.316. The van der Waals surface area contributed by atoms with E-state index >= 15 is 0 Å². The van der Waals surface area contributed by atoms with Crippen LogP contribution in [0.25, 0.3) is 0 Å². The lowest BCUT2D eigenvalue weighted by Crippen LogP contribution is -2.38. The van der Waals surface area contributed by atoms with Crippen molar-refractivity contribution < 1.29 is 14.6 Å². The van der Waals surface area contributed by atoms with Gasteiger partial charge >= 0.3 is 6.03 Å². The van der Waals surface area contributed by atoms with Gasteiger partial charge in [-0.1, -0.05) is 42.0 Å². The lowest BCUT2D eigenvalue weighted by atomic mass is 10.1. The number of carbonyl (C=O) groups excluding carboxylic acids is 1. The highest BCUT2D eigenvalue weighted by Gasteiger charge is 2.09. The van der Waals surface area contributed by atoms with Crippen LogP contribution in [0, 0.1) is 6.92 Å². The van der Waals surface area contributed by atoms with Crippen LogP contribution in [0.5, 0.6) is 5.75 Å². The number of aliphatic hydroxyl groups excluding tert-OH is 1. The first-order valence-electron chi connectivity index (χ1n) is 8.02. The number of amides is 2. The summed E-state index contributed by atoms with van der Waals surface area (Å²) in [5.74, 6) is 0.789. The summed E-state index contributed by atoms with van der Waals surface area (Å²) in [7, 11) is 0. The molecule has 1 atom stereocenters. The van der Waals surface area contributed by atoms with Crippen LogP contribution in [0.2, 0.25) is 0 Å². The third-order valence-electron chi connectivity index (χ3n) is 3.61. The normalized spacial score (nSPS) is 11.6. The first kappa shape index (κ1) is 17.8. The minimum atomic E-state index is -0.295. The van der Waals surface area contributed by atoms with E-state index in [0.29, 0.717) is 6.61 Å². The van der Waals surface area contributed by atoms with E-state index in [1.807, 2.05) is 43.3 Å². The topological polar surface area (TPSA) is 70.6 Å². The number of urea groups is 1. The molecule has 3 N–H and O–H groups in total. The number of aryl methyl sites for hydroxylation is 1. The lowest BCUT2D eigenvalue weighted by Gasteiger charge is -2.15. The highest BCUT2D eigenvalue weighted by molar-refractivity contribution is 5.74. The first-order valence-corrected chi connectivity index (χ1v) is 8.02. The van der Waals surface area contributed by atoms with E-state index in [1.54, 1.807) is 0 Å². The van der Waals surface area contributed by atoms with Gasteiger partial charge in [-0.25, -0.2) is 4.79 Å². The summed E-state index contributed by atoms with van der Waals surface area (Å²) in [4.78, 5) is 11.6. The highest BCUT2D eigenvalue weighted by Crippen LogP contribution is 2.18. The zero-order valence-corrected chi connectivity index (χ0v) is 14.1. The molecule has 0 bridgehead atoms. The minimum absolute atomic E-state index is 0.0746. The van der Waals surface area contributed by atoms with Crippen molar-refractivity contribution in [3.8, 4) is 5.75 Å². The fourth-order valence-electron chi connectivity index (χ4n) is 2.32. The molecule has 5 heteroatoms. The summed E-state index contributed by atoms with van der Waals surface area (Å²) in [6, 6.07) is 15.5. The predicted molar refractivity (Wildman–Crippen MR) is 94.0 cm³/mol. The summed E-state index contributed by atoms with van der Waals surface area (Å²) in [5, 5.41) is 14.1. The molecule has 128 valence electrons. The van der Waals surface area contributed by atoms with Crippen molar-refractivity contribution in [2.24, 2.45) is 0 Å². The molecule has 0 spiro atoms. The van der Waals surface area contributed by atoms with Gasteiger partial charge in [0.25, 0.3) is 0 Å². The Bertz CT molecular complexity index is 656. The summed E-state index contributed by atoms with van der Waals surface area (Å²) >= 11 is 0. The van der Waals surface area contributed by atoms with Crippen LogP contribution < -0.4 is 15.4 Å². The molecule has 0 saturated heterocycles. The largest absolute Gasteiger partial charge is 0.489 e. The van der Waals surface area contributed by atoms with Gasteiger partial charge in [0, 0.05) is 6.54 Å². The Hall–Kier alpha value is -2.53. The van der Waals surface area contributed by atoms with Gasteiger partial charge in [-0.05, 0) is 37.1 Å². The Kier molecular flexibility index (Phi) is 6.63. The van der Waals surface area contributed by atoms with Crippen molar-refractivity contribution in [2.75, 3.05) is 13.2 Å². The van der Waals surface area contributed by atoms with E-state index < -0.39 is 0 Å². The summed E-state index contributed by atoms with van der Waals surface area (Å²) in [6.07, 6.45) is 0. The maximum absolute atomic E-state index is 11.6. The molecule has 0 fully saturated rings. The van der Waals surface area contributed by atoms with E-state index in [-0.39, 0.29) is 25.2 Å². The number of benzene rings is 2. The number of carbonyl (C=O) groups is 1. The maximum Gasteiger partial charge on any atom is 0.315 e. The number of hydrogen-bond donors (Lipinski definition) is 3. The Morgan fingerprint density at radius 1 is 1.21 bits per heavy atom. The number of ether oxygens (including phenoxy) is 1. The zero-order valence-electron chi connectivity index (χ0n) is 14.1. The molecule has 0 heterocycles. The molecule has 0 aromatic heterocycles. The monoisotopic (exact) mass is 328 g/mol. The second-order valence-electron chi connectivity index (χ2n) is 5.69. The smallest absolute Gasteiger partial charge is 0.315 e. The van der Waals surface area contributed by atoms with E-state index in [9.17, 15) is 4.79 Å². The maximum atomic E-state index is 11.6. The number of nitrogens with one attached hydrogen (secondary N) is 2.